The average Bonchev–Trinajstić information content (AvgIpc) is 3.56. The van der Waals surface area contributed by atoms with Gasteiger partial charge in [0.15, 0.2) is 0 Å². The number of ether oxygens (including phenoxy) is 2. The minimum atomic E-state index is -0.748. The summed E-state index contributed by atoms with van der Waals surface area (Å²) in [5, 5.41) is 15.6. The number of carbonyl (C=O) groups is 4. The molecule has 0 aliphatic carbocycles. The second-order valence-electron chi connectivity index (χ2n) is 15.2. The molecule has 1 heterocycles. The van der Waals surface area contributed by atoms with E-state index in [1.807, 2.05) is 77.6 Å². The van der Waals surface area contributed by atoms with Gasteiger partial charge in [-0.3, -0.25) is 24.1 Å². The lowest BCUT2D eigenvalue weighted by Crippen LogP contribution is -2.59. The van der Waals surface area contributed by atoms with Crippen molar-refractivity contribution in [2.45, 2.75) is 117 Å². The van der Waals surface area contributed by atoms with Crippen LogP contribution in [0.15, 0.2) is 24.3 Å². The molecule has 12 heteroatoms. The number of likely N-dealkylation sites (tertiary alicyclic amines) is 1. The molecule has 1 aromatic carbocycles. The molecule has 51 heavy (non-hydrogen) atoms. The van der Waals surface area contributed by atoms with Crippen LogP contribution in [0, 0.1) is 23.7 Å². The molecule has 3 N–H and O–H groups in total. The molecule has 12 nitrogen and oxygen atoms in total. The number of carbonyl (C=O) groups excluding carboxylic acids is 4. The van der Waals surface area contributed by atoms with Crippen LogP contribution < -0.4 is 10.6 Å². The molecule has 290 valence electrons. The van der Waals surface area contributed by atoms with Gasteiger partial charge in [0.25, 0.3) is 0 Å². The van der Waals surface area contributed by atoms with Crippen molar-refractivity contribution in [1.82, 2.24) is 25.3 Å². The smallest absolute Gasteiger partial charge is 0.245 e. The summed E-state index contributed by atoms with van der Waals surface area (Å²) >= 11 is 0. The van der Waals surface area contributed by atoms with Crippen LogP contribution in [-0.2, 0) is 35.1 Å². The summed E-state index contributed by atoms with van der Waals surface area (Å²) < 4.78 is 11.9. The molecule has 1 unspecified atom stereocenters. The maximum Gasteiger partial charge on any atom is 0.245 e. The number of nitrogens with zero attached hydrogens (tertiary/aromatic N) is 3. The van der Waals surface area contributed by atoms with Crippen LogP contribution in [0.5, 0.6) is 5.75 Å². The second-order valence-corrected chi connectivity index (χ2v) is 15.2. The molecule has 4 amide bonds. The van der Waals surface area contributed by atoms with Gasteiger partial charge >= 0.3 is 0 Å². The number of likely N-dealkylation sites (N-methyl/N-ethyl adjacent to an activating group) is 2. The monoisotopic (exact) mass is 718 g/mol. The van der Waals surface area contributed by atoms with Gasteiger partial charge < -0.3 is 35.0 Å². The fourth-order valence-electron chi connectivity index (χ4n) is 7.56. The summed E-state index contributed by atoms with van der Waals surface area (Å²) in [7, 11) is 8.61. The SMILES string of the molecule is CC[C@H](C)[C@@H]([C@@H](CC(=O)N1CCCC1[C@H](OC)[C@@H](C)C(=O)NCCc1ccc(O)cc1)OC)N(C)C(=O)[C@@H](NC(=O)[C@H](C(C)C)N(C)C)C(C)C. The van der Waals surface area contributed by atoms with E-state index < -0.39 is 30.2 Å². The number of nitrogens with one attached hydrogen (secondary N) is 2. The number of phenolic OH excluding ortho intramolecular Hbond substituents is 1. The van der Waals surface area contributed by atoms with Gasteiger partial charge in [-0.05, 0) is 68.8 Å². The van der Waals surface area contributed by atoms with Gasteiger partial charge in [0.2, 0.25) is 23.6 Å². The van der Waals surface area contributed by atoms with Crippen molar-refractivity contribution in [3.05, 3.63) is 29.8 Å². The Hall–Kier alpha value is -3.22. The number of methoxy groups -OCH3 is 2. The van der Waals surface area contributed by atoms with E-state index in [0.29, 0.717) is 25.9 Å². The predicted molar refractivity (Wildman–Crippen MR) is 200 cm³/mol. The summed E-state index contributed by atoms with van der Waals surface area (Å²) in [6.07, 6.45) is 1.82. The maximum atomic E-state index is 14.2. The van der Waals surface area contributed by atoms with Crippen LogP contribution in [0.2, 0.25) is 0 Å². The lowest BCUT2D eigenvalue weighted by molar-refractivity contribution is -0.148. The first-order chi connectivity index (χ1) is 24.0. The first kappa shape index (κ1) is 43.9. The minimum Gasteiger partial charge on any atom is -0.508 e. The lowest BCUT2D eigenvalue weighted by atomic mass is 9.89. The molecule has 0 spiro atoms. The van der Waals surface area contributed by atoms with Gasteiger partial charge in [-0.2, -0.15) is 0 Å². The Bertz CT molecular complexity index is 1250. The molecular weight excluding hydrogens is 650 g/mol. The first-order valence-corrected chi connectivity index (χ1v) is 18.6. The average molecular weight is 718 g/mol. The van der Waals surface area contributed by atoms with Gasteiger partial charge in [0, 0.05) is 34.4 Å². The molecule has 1 fully saturated rings. The molecule has 1 saturated heterocycles. The van der Waals surface area contributed by atoms with E-state index in [4.69, 9.17) is 9.47 Å². The Morgan fingerprint density at radius 2 is 1.57 bits per heavy atom. The number of phenols is 1. The Morgan fingerprint density at radius 1 is 0.941 bits per heavy atom. The highest BCUT2D eigenvalue weighted by molar-refractivity contribution is 5.90. The number of hydrogen-bond acceptors (Lipinski definition) is 8. The number of amides is 4. The maximum absolute atomic E-state index is 14.2. The Kier molecular flexibility index (Phi) is 17.9. The van der Waals surface area contributed by atoms with Crippen LogP contribution in [-0.4, -0.2) is 128 Å². The minimum absolute atomic E-state index is 0.00297. The van der Waals surface area contributed by atoms with Crippen LogP contribution in [0.3, 0.4) is 0 Å². The Morgan fingerprint density at radius 3 is 2.08 bits per heavy atom. The van der Waals surface area contributed by atoms with E-state index in [0.717, 1.165) is 18.4 Å². The number of rotatable bonds is 20. The molecular formula is C39H67N5O7. The zero-order valence-electron chi connectivity index (χ0n) is 33.3. The van der Waals surface area contributed by atoms with Gasteiger partial charge in [-0.1, -0.05) is 67.0 Å². The van der Waals surface area contributed by atoms with Crippen molar-refractivity contribution < 1.29 is 33.8 Å². The molecule has 1 aliphatic heterocycles. The fraction of sp³-hybridized carbons (Fsp3) is 0.744. The van der Waals surface area contributed by atoms with Gasteiger partial charge in [-0.15, -0.1) is 0 Å². The van der Waals surface area contributed by atoms with Gasteiger partial charge in [0.1, 0.15) is 11.8 Å². The van der Waals surface area contributed by atoms with Gasteiger partial charge in [0.05, 0.1) is 42.7 Å². The normalized spacial score (nSPS) is 19.0. The molecule has 0 bridgehead atoms. The van der Waals surface area contributed by atoms with E-state index in [-0.39, 0.29) is 65.6 Å². The third kappa shape index (κ3) is 11.9. The summed E-state index contributed by atoms with van der Waals surface area (Å²) in [6.45, 7) is 14.7. The molecule has 1 aromatic rings. The van der Waals surface area contributed by atoms with E-state index in [1.165, 1.54) is 0 Å². The summed E-state index contributed by atoms with van der Waals surface area (Å²) in [5.74, 6) is -1.09. The predicted octanol–water partition coefficient (Wildman–Crippen LogP) is 3.70. The second kappa shape index (κ2) is 20.7. The third-order valence-corrected chi connectivity index (χ3v) is 10.6. The van der Waals surface area contributed by atoms with E-state index in [1.54, 1.807) is 38.3 Å². The van der Waals surface area contributed by atoms with E-state index in [9.17, 15) is 24.3 Å². The van der Waals surface area contributed by atoms with Crippen LogP contribution >= 0.6 is 0 Å². The van der Waals surface area contributed by atoms with Crippen molar-refractivity contribution >= 4 is 23.6 Å². The zero-order valence-corrected chi connectivity index (χ0v) is 33.3. The standard InChI is InChI=1S/C39H67N5O7/c1-13-26(6)35(43(10)39(49)33(24(2)3)41-38(48)34(25(4)5)42(8)9)31(50-11)23-32(46)44-22-14-15-30(44)36(51-12)27(7)37(47)40-21-20-28-16-18-29(45)19-17-28/h16-19,24-27,30-31,33-36,45H,13-15,20-23H2,1-12H3,(H,40,47)(H,41,48)/t26-,27+,30?,31+,33-,34-,35-,36+/m0/s1. The summed E-state index contributed by atoms with van der Waals surface area (Å²) in [6, 6.07) is 5.05. The summed E-state index contributed by atoms with van der Waals surface area (Å²) in [4.78, 5) is 60.3. The molecule has 1 aliphatic rings. The highest BCUT2D eigenvalue weighted by Gasteiger charge is 2.43. The third-order valence-electron chi connectivity index (χ3n) is 10.6. The van der Waals surface area contributed by atoms with Crippen molar-refractivity contribution in [1.29, 1.82) is 0 Å². The van der Waals surface area contributed by atoms with Gasteiger partial charge in [-0.25, -0.2) is 0 Å². The summed E-state index contributed by atoms with van der Waals surface area (Å²) in [5.41, 5.74) is 1.00. The molecule has 0 aromatic heterocycles. The first-order valence-electron chi connectivity index (χ1n) is 18.6. The molecule has 0 saturated carbocycles. The molecule has 0 radical (unpaired) electrons. The quantitative estimate of drug-likeness (QED) is 0.186. The molecule has 2 rings (SSSR count). The fourth-order valence-corrected chi connectivity index (χ4v) is 7.56. The highest BCUT2D eigenvalue weighted by Crippen LogP contribution is 2.29. The topological polar surface area (TPSA) is 141 Å². The largest absolute Gasteiger partial charge is 0.508 e. The van der Waals surface area contributed by atoms with Crippen molar-refractivity contribution in [2.75, 3.05) is 48.5 Å². The Balaban J connectivity index is 2.21. The van der Waals surface area contributed by atoms with Crippen LogP contribution in [0.25, 0.3) is 0 Å². The Labute approximate surface area is 307 Å². The van der Waals surface area contributed by atoms with Crippen molar-refractivity contribution in [3.63, 3.8) is 0 Å². The number of aromatic hydroxyl groups is 1. The number of benzene rings is 1. The highest BCUT2D eigenvalue weighted by atomic mass is 16.5. The molecule has 8 atom stereocenters. The van der Waals surface area contributed by atoms with E-state index >= 15 is 0 Å². The number of hydrogen-bond donors (Lipinski definition) is 3. The van der Waals surface area contributed by atoms with Crippen LogP contribution in [0.1, 0.15) is 79.7 Å². The van der Waals surface area contributed by atoms with Crippen molar-refractivity contribution in [3.8, 4) is 5.75 Å². The van der Waals surface area contributed by atoms with Crippen LogP contribution in [0.4, 0.5) is 0 Å². The van der Waals surface area contributed by atoms with Crippen molar-refractivity contribution in [2.24, 2.45) is 23.7 Å². The zero-order chi connectivity index (χ0) is 38.6. The van der Waals surface area contributed by atoms with E-state index in [2.05, 4.69) is 17.6 Å². The lowest BCUT2D eigenvalue weighted by Gasteiger charge is -2.41.